The highest BCUT2D eigenvalue weighted by Crippen LogP contribution is 2.27. The van der Waals surface area contributed by atoms with Gasteiger partial charge in [0.1, 0.15) is 17.8 Å². The van der Waals surface area contributed by atoms with Crippen molar-refractivity contribution in [2.75, 3.05) is 6.54 Å². The fourth-order valence-corrected chi connectivity index (χ4v) is 2.60. The Hall–Kier alpha value is -3.03. The van der Waals surface area contributed by atoms with Crippen LogP contribution in [-0.2, 0) is 6.42 Å². The lowest BCUT2D eigenvalue weighted by Crippen LogP contribution is -2.25. The van der Waals surface area contributed by atoms with Gasteiger partial charge >= 0.3 is 0 Å². The Kier molecular flexibility index (Phi) is 4.47. The van der Waals surface area contributed by atoms with Crippen LogP contribution < -0.4 is 5.32 Å². The molecule has 0 aliphatic heterocycles. The molecular weight excluding hydrogens is 332 g/mol. The maximum Gasteiger partial charge on any atom is 0.271 e. The van der Waals surface area contributed by atoms with Crippen molar-refractivity contribution in [3.05, 3.63) is 42.4 Å². The molecule has 1 aliphatic rings. The summed E-state index contributed by atoms with van der Waals surface area (Å²) < 4.78 is 7.03. The van der Waals surface area contributed by atoms with Gasteiger partial charge in [-0.3, -0.25) is 9.36 Å². The minimum atomic E-state index is -0.159. The summed E-state index contributed by atoms with van der Waals surface area (Å²) in [6, 6.07) is 3.64. The molecule has 3 aromatic heterocycles. The monoisotopic (exact) mass is 352 g/mol. The second kappa shape index (κ2) is 7.07. The SMILES string of the molecule is CCCc1noc(-c2ccnc(-n3cnc(C(=O)NCC4CC4)c3)c2)n1. The van der Waals surface area contributed by atoms with Gasteiger partial charge in [-0.2, -0.15) is 4.98 Å². The Morgan fingerprint density at radius 2 is 2.27 bits per heavy atom. The molecule has 134 valence electrons. The molecule has 0 radical (unpaired) electrons. The van der Waals surface area contributed by atoms with Crippen molar-refractivity contribution in [2.24, 2.45) is 5.92 Å². The van der Waals surface area contributed by atoms with Crippen molar-refractivity contribution >= 4 is 5.91 Å². The van der Waals surface area contributed by atoms with Crippen LogP contribution in [0.4, 0.5) is 0 Å². The highest BCUT2D eigenvalue weighted by molar-refractivity contribution is 5.92. The summed E-state index contributed by atoms with van der Waals surface area (Å²) in [5, 5.41) is 6.88. The van der Waals surface area contributed by atoms with Crippen LogP contribution in [0.2, 0.25) is 0 Å². The van der Waals surface area contributed by atoms with Crippen molar-refractivity contribution < 1.29 is 9.32 Å². The molecular formula is C18H20N6O2. The highest BCUT2D eigenvalue weighted by atomic mass is 16.5. The highest BCUT2D eigenvalue weighted by Gasteiger charge is 2.22. The van der Waals surface area contributed by atoms with Gasteiger partial charge in [0.25, 0.3) is 11.8 Å². The van der Waals surface area contributed by atoms with E-state index in [2.05, 4.69) is 32.3 Å². The molecule has 0 aromatic carbocycles. The molecule has 4 rings (SSSR count). The summed E-state index contributed by atoms with van der Waals surface area (Å²) in [6.45, 7) is 2.79. The van der Waals surface area contributed by atoms with Crippen LogP contribution in [0.3, 0.4) is 0 Å². The van der Waals surface area contributed by atoms with Gasteiger partial charge in [0.15, 0.2) is 5.82 Å². The normalized spacial score (nSPS) is 13.7. The molecule has 8 nitrogen and oxygen atoms in total. The van der Waals surface area contributed by atoms with Crippen LogP contribution in [0.1, 0.15) is 42.5 Å². The fraction of sp³-hybridized carbons (Fsp3) is 0.389. The third-order valence-electron chi connectivity index (χ3n) is 4.26. The predicted octanol–water partition coefficient (Wildman–Crippen LogP) is 2.41. The molecule has 3 heterocycles. The third-order valence-corrected chi connectivity index (χ3v) is 4.26. The van der Waals surface area contributed by atoms with E-state index in [1.165, 1.54) is 12.8 Å². The van der Waals surface area contributed by atoms with E-state index in [-0.39, 0.29) is 5.91 Å². The zero-order valence-electron chi connectivity index (χ0n) is 14.6. The van der Waals surface area contributed by atoms with Crippen molar-refractivity contribution in [2.45, 2.75) is 32.6 Å². The number of carbonyl (C=O) groups is 1. The van der Waals surface area contributed by atoms with Crippen molar-refractivity contribution in [1.82, 2.24) is 30.0 Å². The Bertz CT molecular complexity index is 912. The number of aromatic nitrogens is 5. The minimum Gasteiger partial charge on any atom is -0.350 e. The van der Waals surface area contributed by atoms with Gasteiger partial charge in [-0.25, -0.2) is 9.97 Å². The van der Waals surface area contributed by atoms with Gasteiger partial charge in [0, 0.05) is 30.9 Å². The van der Waals surface area contributed by atoms with E-state index < -0.39 is 0 Å². The summed E-state index contributed by atoms with van der Waals surface area (Å²) in [7, 11) is 0. The molecule has 0 bridgehead atoms. The van der Waals surface area contributed by atoms with E-state index in [4.69, 9.17) is 4.52 Å². The quantitative estimate of drug-likeness (QED) is 0.701. The standard InChI is InChI=1S/C18H20N6O2/c1-2-3-15-22-18(26-23-15)13-6-7-19-16(8-13)24-10-14(21-11-24)17(25)20-9-12-4-5-12/h6-8,10-12H,2-5,9H2,1H3,(H,20,25). The number of nitrogens with one attached hydrogen (secondary N) is 1. The Balaban J connectivity index is 1.51. The maximum absolute atomic E-state index is 12.1. The molecule has 26 heavy (non-hydrogen) atoms. The summed E-state index contributed by atoms with van der Waals surface area (Å²) in [5.74, 6) is 2.25. The van der Waals surface area contributed by atoms with Crippen molar-refractivity contribution in [1.29, 1.82) is 0 Å². The van der Waals surface area contributed by atoms with Crippen LogP contribution in [0.25, 0.3) is 17.3 Å². The molecule has 8 heteroatoms. The average Bonchev–Trinajstić information content (AvgIpc) is 3.16. The zero-order valence-corrected chi connectivity index (χ0v) is 14.6. The first-order chi connectivity index (χ1) is 12.7. The third kappa shape index (κ3) is 3.63. The number of hydrogen-bond donors (Lipinski definition) is 1. The number of carbonyl (C=O) groups excluding carboxylic acids is 1. The molecule has 1 N–H and O–H groups in total. The number of nitrogens with zero attached hydrogens (tertiary/aromatic N) is 5. The van der Waals surface area contributed by atoms with E-state index in [1.54, 1.807) is 23.3 Å². The van der Waals surface area contributed by atoms with E-state index in [9.17, 15) is 4.79 Å². The number of hydrogen-bond acceptors (Lipinski definition) is 6. The molecule has 1 saturated carbocycles. The smallest absolute Gasteiger partial charge is 0.271 e. The Morgan fingerprint density at radius 3 is 3.08 bits per heavy atom. The second-order valence-electron chi connectivity index (χ2n) is 6.49. The number of rotatable bonds is 7. The molecule has 0 unspecified atom stereocenters. The van der Waals surface area contributed by atoms with Crippen LogP contribution in [0, 0.1) is 5.92 Å². The molecule has 0 saturated heterocycles. The van der Waals surface area contributed by atoms with Crippen molar-refractivity contribution in [3.63, 3.8) is 0 Å². The lowest BCUT2D eigenvalue weighted by Gasteiger charge is -2.02. The molecule has 3 aromatic rings. The van der Waals surface area contributed by atoms with E-state index in [0.29, 0.717) is 29.1 Å². The van der Waals surface area contributed by atoms with Crippen LogP contribution >= 0.6 is 0 Å². The summed E-state index contributed by atoms with van der Waals surface area (Å²) in [4.78, 5) is 25.0. The number of pyridine rings is 1. The second-order valence-corrected chi connectivity index (χ2v) is 6.49. The number of amides is 1. The minimum absolute atomic E-state index is 0.159. The van der Waals surface area contributed by atoms with Crippen LogP contribution in [0.15, 0.2) is 35.4 Å². The van der Waals surface area contributed by atoms with Crippen molar-refractivity contribution in [3.8, 4) is 17.3 Å². The molecule has 0 spiro atoms. The summed E-state index contributed by atoms with van der Waals surface area (Å²) >= 11 is 0. The number of aryl methyl sites for hydroxylation is 1. The van der Waals surface area contributed by atoms with E-state index in [1.807, 2.05) is 12.1 Å². The fourth-order valence-electron chi connectivity index (χ4n) is 2.60. The Labute approximate surface area is 150 Å². The zero-order chi connectivity index (χ0) is 17.9. The predicted molar refractivity (Wildman–Crippen MR) is 93.7 cm³/mol. The van der Waals surface area contributed by atoms with Gasteiger partial charge in [0.2, 0.25) is 0 Å². The van der Waals surface area contributed by atoms with Gasteiger partial charge in [-0.1, -0.05) is 12.1 Å². The van der Waals surface area contributed by atoms with E-state index >= 15 is 0 Å². The lowest BCUT2D eigenvalue weighted by atomic mass is 10.2. The van der Waals surface area contributed by atoms with Crippen LogP contribution in [-0.4, -0.2) is 37.1 Å². The average molecular weight is 352 g/mol. The first kappa shape index (κ1) is 16.4. The van der Waals surface area contributed by atoms with Gasteiger partial charge in [-0.05, 0) is 37.3 Å². The lowest BCUT2D eigenvalue weighted by molar-refractivity contribution is 0.0947. The topological polar surface area (TPSA) is 98.7 Å². The summed E-state index contributed by atoms with van der Waals surface area (Å²) in [5.41, 5.74) is 1.15. The maximum atomic E-state index is 12.1. The first-order valence-corrected chi connectivity index (χ1v) is 8.84. The van der Waals surface area contributed by atoms with Crippen LogP contribution in [0.5, 0.6) is 0 Å². The molecule has 1 aliphatic carbocycles. The molecule has 0 atom stereocenters. The van der Waals surface area contributed by atoms with E-state index in [0.717, 1.165) is 24.9 Å². The molecule has 1 amide bonds. The largest absolute Gasteiger partial charge is 0.350 e. The molecule has 1 fully saturated rings. The summed E-state index contributed by atoms with van der Waals surface area (Å²) in [6.07, 6.45) is 9.05. The van der Waals surface area contributed by atoms with Gasteiger partial charge < -0.3 is 9.84 Å². The van der Waals surface area contributed by atoms with Gasteiger partial charge in [-0.15, -0.1) is 0 Å². The first-order valence-electron chi connectivity index (χ1n) is 8.84. The number of imidazole rings is 1. The Morgan fingerprint density at radius 1 is 1.38 bits per heavy atom. The van der Waals surface area contributed by atoms with Gasteiger partial charge in [0.05, 0.1) is 0 Å².